The molecule has 1 aliphatic heterocycles. The number of carbonyl (C=O) groups is 2. The first kappa shape index (κ1) is 17.6. The molecule has 1 saturated heterocycles. The van der Waals surface area contributed by atoms with E-state index in [2.05, 4.69) is 10.2 Å². The maximum atomic E-state index is 13.3. The van der Waals surface area contributed by atoms with Gasteiger partial charge in [-0.2, -0.15) is 5.10 Å². The number of amides is 2. The Bertz CT molecular complexity index is 959. The molecule has 1 aliphatic carbocycles. The minimum atomic E-state index is -1.01. The summed E-state index contributed by atoms with van der Waals surface area (Å²) in [5.74, 6) is -0.783. The Morgan fingerprint density at radius 1 is 1.30 bits per heavy atom. The zero-order chi connectivity index (χ0) is 19.1. The number of hydrogen-bond donors (Lipinski definition) is 1. The summed E-state index contributed by atoms with van der Waals surface area (Å²) in [5, 5.41) is 7.22. The van der Waals surface area contributed by atoms with Gasteiger partial charge >= 0.3 is 0 Å². The van der Waals surface area contributed by atoms with Gasteiger partial charge in [-0.15, -0.1) is 0 Å². The highest BCUT2D eigenvalue weighted by atomic mass is 19.1. The summed E-state index contributed by atoms with van der Waals surface area (Å²) >= 11 is 0. The third-order valence-electron chi connectivity index (χ3n) is 5.36. The van der Waals surface area contributed by atoms with Crippen LogP contribution in [0.5, 0.6) is 0 Å². The first-order valence-electron chi connectivity index (χ1n) is 9.17. The maximum Gasteiger partial charge on any atom is 0.272 e. The van der Waals surface area contributed by atoms with Gasteiger partial charge in [-0.3, -0.25) is 14.4 Å². The summed E-state index contributed by atoms with van der Waals surface area (Å²) < 4.78 is 13.3. The van der Waals surface area contributed by atoms with Gasteiger partial charge in [0.15, 0.2) is 0 Å². The van der Waals surface area contributed by atoms with Crippen LogP contribution in [0.4, 0.5) is 4.39 Å². The predicted molar refractivity (Wildman–Crippen MR) is 97.1 cm³/mol. The normalized spacial score (nSPS) is 25.3. The standard InChI is InChI=1S/C19H21FN4O3/c1-11-10-23(5-2-6-24(11)19(27)15-8-16(15)20)18(26)12-3-4-14-13(7-12)9-21-22-17(14)25/h3-4,7,9,11,15-16H,2,5-6,8,10H2,1H3,(H,22,25)/t11-,15-,16+/m1/s1. The highest BCUT2D eigenvalue weighted by Crippen LogP contribution is 2.36. The zero-order valence-corrected chi connectivity index (χ0v) is 15.0. The third kappa shape index (κ3) is 3.31. The lowest BCUT2D eigenvalue weighted by Crippen LogP contribution is -2.44. The Balaban J connectivity index is 1.52. The summed E-state index contributed by atoms with van der Waals surface area (Å²) in [7, 11) is 0. The minimum Gasteiger partial charge on any atom is -0.338 e. The van der Waals surface area contributed by atoms with E-state index in [4.69, 9.17) is 0 Å². The predicted octanol–water partition coefficient (Wildman–Crippen LogP) is 1.34. The van der Waals surface area contributed by atoms with Gasteiger partial charge in [0.25, 0.3) is 11.5 Å². The fraction of sp³-hybridized carbons (Fsp3) is 0.474. The smallest absolute Gasteiger partial charge is 0.272 e. The van der Waals surface area contributed by atoms with E-state index in [-0.39, 0.29) is 23.4 Å². The van der Waals surface area contributed by atoms with E-state index in [1.165, 1.54) is 6.20 Å². The average Bonchev–Trinajstić information content (AvgIpc) is 3.42. The van der Waals surface area contributed by atoms with E-state index < -0.39 is 12.1 Å². The second-order valence-electron chi connectivity index (χ2n) is 7.34. The van der Waals surface area contributed by atoms with Crippen LogP contribution in [0.2, 0.25) is 0 Å². The van der Waals surface area contributed by atoms with E-state index >= 15 is 0 Å². The summed E-state index contributed by atoms with van der Waals surface area (Å²) in [6.07, 6.45) is 1.47. The fourth-order valence-corrected chi connectivity index (χ4v) is 3.72. The molecule has 1 aromatic carbocycles. The van der Waals surface area contributed by atoms with E-state index in [9.17, 15) is 18.8 Å². The van der Waals surface area contributed by atoms with Crippen molar-refractivity contribution in [2.45, 2.75) is 32.0 Å². The van der Waals surface area contributed by atoms with Gasteiger partial charge < -0.3 is 9.80 Å². The largest absolute Gasteiger partial charge is 0.338 e. The molecule has 27 heavy (non-hydrogen) atoms. The molecule has 0 bridgehead atoms. The lowest BCUT2D eigenvalue weighted by atomic mass is 10.1. The average molecular weight is 372 g/mol. The molecule has 4 rings (SSSR count). The molecule has 3 atom stereocenters. The molecule has 0 spiro atoms. The van der Waals surface area contributed by atoms with Crippen molar-refractivity contribution < 1.29 is 14.0 Å². The van der Waals surface area contributed by atoms with Crippen molar-refractivity contribution in [1.29, 1.82) is 0 Å². The number of H-pyrrole nitrogens is 1. The lowest BCUT2D eigenvalue weighted by molar-refractivity contribution is -0.134. The van der Waals surface area contributed by atoms with Crippen molar-refractivity contribution in [2.75, 3.05) is 19.6 Å². The van der Waals surface area contributed by atoms with E-state index in [1.807, 2.05) is 6.92 Å². The number of benzene rings is 1. The molecule has 2 fully saturated rings. The van der Waals surface area contributed by atoms with E-state index in [1.54, 1.807) is 28.0 Å². The number of carbonyl (C=O) groups excluding carboxylic acids is 2. The molecule has 7 nitrogen and oxygen atoms in total. The van der Waals surface area contributed by atoms with Gasteiger partial charge in [-0.05, 0) is 38.0 Å². The number of fused-ring (bicyclic) bond motifs is 1. The van der Waals surface area contributed by atoms with Gasteiger partial charge in [0, 0.05) is 36.6 Å². The molecular formula is C19H21FN4O3. The monoisotopic (exact) mass is 372 g/mol. The Morgan fingerprint density at radius 2 is 2.07 bits per heavy atom. The number of hydrogen-bond acceptors (Lipinski definition) is 4. The molecule has 142 valence electrons. The van der Waals surface area contributed by atoms with Crippen LogP contribution in [-0.4, -0.2) is 63.7 Å². The second kappa shape index (κ2) is 6.75. The van der Waals surface area contributed by atoms with Gasteiger partial charge in [-0.25, -0.2) is 9.49 Å². The molecular weight excluding hydrogens is 351 g/mol. The highest BCUT2D eigenvalue weighted by molar-refractivity contribution is 5.98. The van der Waals surface area contributed by atoms with Crippen LogP contribution in [0, 0.1) is 5.92 Å². The molecule has 2 amide bonds. The number of alkyl halides is 1. The van der Waals surface area contributed by atoms with Crippen LogP contribution in [0.25, 0.3) is 10.8 Å². The lowest BCUT2D eigenvalue weighted by Gasteiger charge is -2.29. The number of aromatic amines is 1. The van der Waals surface area contributed by atoms with Crippen molar-refractivity contribution in [3.63, 3.8) is 0 Å². The molecule has 2 aromatic rings. The van der Waals surface area contributed by atoms with Crippen LogP contribution < -0.4 is 5.56 Å². The zero-order valence-electron chi connectivity index (χ0n) is 15.0. The molecule has 2 heterocycles. The van der Waals surface area contributed by atoms with Gasteiger partial charge in [0.2, 0.25) is 5.91 Å². The Hall–Kier alpha value is -2.77. The summed E-state index contributed by atoms with van der Waals surface area (Å²) in [6, 6.07) is 4.75. The summed E-state index contributed by atoms with van der Waals surface area (Å²) in [5.41, 5.74) is 0.184. The minimum absolute atomic E-state index is 0.139. The fourth-order valence-electron chi connectivity index (χ4n) is 3.72. The Kier molecular flexibility index (Phi) is 4.41. The van der Waals surface area contributed by atoms with Crippen LogP contribution in [0.15, 0.2) is 29.2 Å². The van der Waals surface area contributed by atoms with Crippen LogP contribution in [-0.2, 0) is 4.79 Å². The number of rotatable bonds is 2. The van der Waals surface area contributed by atoms with E-state index in [0.717, 1.165) is 0 Å². The SMILES string of the molecule is C[C@@H]1CN(C(=O)c2ccc3c(=O)[nH]ncc3c2)CCCN1C(=O)[C@@H]1C[C@@H]1F. The number of nitrogens with one attached hydrogen (secondary N) is 1. The van der Waals surface area contributed by atoms with Gasteiger partial charge in [-0.1, -0.05) is 0 Å². The molecule has 2 aliphatic rings. The van der Waals surface area contributed by atoms with Crippen LogP contribution in [0.3, 0.4) is 0 Å². The number of halogens is 1. The quantitative estimate of drug-likeness (QED) is 0.862. The molecule has 0 radical (unpaired) electrons. The second-order valence-corrected chi connectivity index (χ2v) is 7.34. The first-order valence-corrected chi connectivity index (χ1v) is 9.17. The summed E-state index contributed by atoms with van der Waals surface area (Å²) in [6.45, 7) is 3.36. The Morgan fingerprint density at radius 3 is 2.81 bits per heavy atom. The number of aromatic nitrogens is 2. The van der Waals surface area contributed by atoms with Crippen molar-refractivity contribution >= 4 is 22.6 Å². The van der Waals surface area contributed by atoms with Crippen molar-refractivity contribution in [2.24, 2.45) is 5.92 Å². The molecule has 0 unspecified atom stereocenters. The van der Waals surface area contributed by atoms with Gasteiger partial charge in [0.05, 0.1) is 17.5 Å². The third-order valence-corrected chi connectivity index (χ3v) is 5.36. The van der Waals surface area contributed by atoms with Gasteiger partial charge in [0.1, 0.15) is 6.17 Å². The highest BCUT2D eigenvalue weighted by Gasteiger charge is 2.46. The topological polar surface area (TPSA) is 86.4 Å². The van der Waals surface area contributed by atoms with Crippen LogP contribution in [0.1, 0.15) is 30.1 Å². The molecule has 1 saturated carbocycles. The molecule has 1 N–H and O–H groups in total. The summed E-state index contributed by atoms with van der Waals surface area (Å²) in [4.78, 5) is 40.5. The van der Waals surface area contributed by atoms with Crippen LogP contribution >= 0.6 is 0 Å². The van der Waals surface area contributed by atoms with E-state index in [0.29, 0.717) is 48.8 Å². The Labute approximate surface area is 155 Å². The molecule has 1 aromatic heterocycles. The number of nitrogens with zero attached hydrogens (tertiary/aromatic N) is 3. The van der Waals surface area contributed by atoms with Crippen molar-refractivity contribution in [3.05, 3.63) is 40.3 Å². The van der Waals surface area contributed by atoms with Crippen molar-refractivity contribution in [1.82, 2.24) is 20.0 Å². The van der Waals surface area contributed by atoms with Crippen molar-refractivity contribution in [3.8, 4) is 0 Å². The molecule has 8 heteroatoms. The first-order chi connectivity index (χ1) is 13.0. The maximum absolute atomic E-state index is 13.3.